The molecule has 0 radical (unpaired) electrons. The Hall–Kier alpha value is -4.07. The fourth-order valence-electron chi connectivity index (χ4n) is 3.40. The van der Waals surface area contributed by atoms with Crippen molar-refractivity contribution < 1.29 is 4.79 Å². The zero-order chi connectivity index (χ0) is 21.8. The van der Waals surface area contributed by atoms with Crippen LogP contribution in [0.3, 0.4) is 0 Å². The average Bonchev–Trinajstić information content (AvgIpc) is 2.80. The number of nitrogens with zero attached hydrogens (tertiary/aromatic N) is 4. The van der Waals surface area contributed by atoms with Crippen LogP contribution >= 0.6 is 0 Å². The second kappa shape index (κ2) is 8.74. The molecule has 0 aliphatic rings. The lowest BCUT2D eigenvalue weighted by molar-refractivity contribution is -0.116. The molecule has 3 heterocycles. The smallest absolute Gasteiger partial charge is 0.325 e. The number of amides is 1. The van der Waals surface area contributed by atoms with Gasteiger partial charge in [0.1, 0.15) is 6.54 Å². The molecule has 0 unspecified atom stereocenters. The van der Waals surface area contributed by atoms with Crippen molar-refractivity contribution in [2.75, 3.05) is 5.32 Å². The molecule has 3 aromatic heterocycles. The summed E-state index contributed by atoms with van der Waals surface area (Å²) in [5.74, 6) is -0.372. The van der Waals surface area contributed by atoms with Crippen LogP contribution in [0.2, 0.25) is 0 Å². The molecule has 0 atom stereocenters. The van der Waals surface area contributed by atoms with E-state index < -0.39 is 11.2 Å². The molecule has 1 amide bonds. The molecule has 0 spiro atoms. The third kappa shape index (κ3) is 4.28. The Balaban J connectivity index is 1.73. The number of aryl methyl sites for hydroxylation is 1. The lowest BCUT2D eigenvalue weighted by Crippen LogP contribution is -2.42. The van der Waals surface area contributed by atoms with Gasteiger partial charge in [0.15, 0.2) is 5.52 Å². The second-order valence-electron chi connectivity index (χ2n) is 7.05. The van der Waals surface area contributed by atoms with Crippen LogP contribution in [-0.4, -0.2) is 25.0 Å². The van der Waals surface area contributed by atoms with Gasteiger partial charge < -0.3 is 5.32 Å². The Morgan fingerprint density at radius 2 is 1.81 bits per heavy atom. The van der Waals surface area contributed by atoms with Crippen LogP contribution in [0.5, 0.6) is 0 Å². The average molecular weight is 415 g/mol. The minimum Gasteiger partial charge on any atom is -0.325 e. The molecule has 0 fully saturated rings. The zero-order valence-corrected chi connectivity index (χ0v) is 17.0. The van der Waals surface area contributed by atoms with Gasteiger partial charge in [-0.25, -0.2) is 9.78 Å². The summed E-state index contributed by atoms with van der Waals surface area (Å²) in [4.78, 5) is 47.2. The Labute approximate surface area is 177 Å². The minimum absolute atomic E-state index is 0.00874. The van der Waals surface area contributed by atoms with E-state index in [0.29, 0.717) is 16.9 Å². The highest BCUT2D eigenvalue weighted by Crippen LogP contribution is 2.12. The number of benzene rings is 1. The number of pyridine rings is 2. The van der Waals surface area contributed by atoms with Gasteiger partial charge in [0, 0.05) is 18.1 Å². The van der Waals surface area contributed by atoms with Gasteiger partial charge in [0.25, 0.3) is 5.56 Å². The van der Waals surface area contributed by atoms with Gasteiger partial charge in [-0.15, -0.1) is 0 Å². The normalized spacial score (nSPS) is 10.9. The van der Waals surface area contributed by atoms with Crippen LogP contribution in [0.25, 0.3) is 11.0 Å². The molecule has 0 aliphatic carbocycles. The number of hydrogen-bond donors (Lipinski definition) is 1. The Bertz CT molecular complexity index is 1360. The summed E-state index contributed by atoms with van der Waals surface area (Å²) in [6.07, 6.45) is 3.92. The van der Waals surface area contributed by atoms with Crippen LogP contribution in [0, 0.1) is 0 Å². The fraction of sp³-hybridized carbons (Fsp3) is 0.174. The summed E-state index contributed by atoms with van der Waals surface area (Å²) in [6, 6.07) is 16.0. The largest absolute Gasteiger partial charge is 0.332 e. The highest BCUT2D eigenvalue weighted by atomic mass is 16.2. The molecule has 4 aromatic rings. The predicted octanol–water partition coefficient (Wildman–Crippen LogP) is 2.20. The van der Waals surface area contributed by atoms with E-state index in [-0.39, 0.29) is 24.5 Å². The first-order valence-electron chi connectivity index (χ1n) is 9.94. The summed E-state index contributed by atoms with van der Waals surface area (Å²) >= 11 is 0. The highest BCUT2D eigenvalue weighted by Gasteiger charge is 2.17. The number of anilines is 1. The van der Waals surface area contributed by atoms with Gasteiger partial charge in [-0.2, -0.15) is 0 Å². The predicted molar refractivity (Wildman–Crippen MR) is 118 cm³/mol. The maximum Gasteiger partial charge on any atom is 0.332 e. The molecule has 8 nitrogen and oxygen atoms in total. The molecule has 4 rings (SSSR count). The fourth-order valence-corrected chi connectivity index (χ4v) is 3.40. The monoisotopic (exact) mass is 415 g/mol. The molecule has 8 heteroatoms. The number of fused-ring (bicyclic) bond motifs is 1. The quantitative estimate of drug-likeness (QED) is 0.521. The molecule has 0 aliphatic heterocycles. The van der Waals surface area contributed by atoms with E-state index in [0.717, 1.165) is 16.6 Å². The first kappa shape index (κ1) is 20.2. The van der Waals surface area contributed by atoms with Crippen LogP contribution in [0.15, 0.2) is 76.6 Å². The molecule has 0 saturated carbocycles. The molecule has 1 aromatic carbocycles. The van der Waals surface area contributed by atoms with Crippen molar-refractivity contribution in [1.29, 1.82) is 0 Å². The lowest BCUT2D eigenvalue weighted by atomic mass is 10.1. The molecule has 0 bridgehead atoms. The van der Waals surface area contributed by atoms with Gasteiger partial charge in [0.2, 0.25) is 5.91 Å². The van der Waals surface area contributed by atoms with E-state index in [9.17, 15) is 14.4 Å². The Kier molecular flexibility index (Phi) is 5.70. The van der Waals surface area contributed by atoms with E-state index in [1.807, 2.05) is 25.1 Å². The van der Waals surface area contributed by atoms with Crippen molar-refractivity contribution in [2.24, 2.45) is 0 Å². The van der Waals surface area contributed by atoms with Crippen molar-refractivity contribution in [3.8, 4) is 0 Å². The SMILES string of the molecule is CCc1cccc(NC(=O)Cn2c(=O)n(Cc3ccccn3)c(=O)c3ncccc32)c1. The molecule has 156 valence electrons. The molecule has 0 saturated heterocycles. The lowest BCUT2D eigenvalue weighted by Gasteiger charge is -2.14. The van der Waals surface area contributed by atoms with E-state index in [1.54, 1.807) is 42.6 Å². The standard InChI is InChI=1S/C23H21N5O3/c1-2-16-7-5-9-17(13-16)26-20(29)15-27-19-10-6-12-25-21(19)22(30)28(23(27)31)14-18-8-3-4-11-24-18/h3-13H,2,14-15H2,1H3,(H,26,29). The van der Waals surface area contributed by atoms with Crippen molar-refractivity contribution in [1.82, 2.24) is 19.1 Å². The highest BCUT2D eigenvalue weighted by molar-refractivity contribution is 5.91. The van der Waals surface area contributed by atoms with E-state index in [1.165, 1.54) is 10.8 Å². The van der Waals surface area contributed by atoms with E-state index in [4.69, 9.17) is 0 Å². The van der Waals surface area contributed by atoms with E-state index in [2.05, 4.69) is 15.3 Å². The summed E-state index contributed by atoms with van der Waals surface area (Å²) in [5, 5.41) is 2.82. The molecule has 31 heavy (non-hydrogen) atoms. The summed E-state index contributed by atoms with van der Waals surface area (Å²) in [6.45, 7) is 1.77. The number of aromatic nitrogens is 4. The summed E-state index contributed by atoms with van der Waals surface area (Å²) in [5.41, 5.74) is 1.64. The van der Waals surface area contributed by atoms with E-state index >= 15 is 0 Å². The third-order valence-corrected chi connectivity index (χ3v) is 4.95. The second-order valence-corrected chi connectivity index (χ2v) is 7.05. The van der Waals surface area contributed by atoms with Crippen LogP contribution in [0.4, 0.5) is 5.69 Å². The number of carbonyl (C=O) groups excluding carboxylic acids is 1. The van der Waals surface area contributed by atoms with Gasteiger partial charge in [-0.3, -0.25) is 23.7 Å². The van der Waals surface area contributed by atoms with Crippen LogP contribution in [-0.2, 0) is 24.3 Å². The summed E-state index contributed by atoms with van der Waals surface area (Å²) in [7, 11) is 0. The first-order valence-corrected chi connectivity index (χ1v) is 9.94. The molecular formula is C23H21N5O3. The number of nitrogens with one attached hydrogen (secondary N) is 1. The minimum atomic E-state index is -0.589. The maximum atomic E-state index is 13.2. The van der Waals surface area contributed by atoms with Gasteiger partial charge >= 0.3 is 5.69 Å². The van der Waals surface area contributed by atoms with Crippen molar-refractivity contribution in [3.63, 3.8) is 0 Å². The Morgan fingerprint density at radius 3 is 2.58 bits per heavy atom. The number of carbonyl (C=O) groups is 1. The Morgan fingerprint density at radius 1 is 0.968 bits per heavy atom. The number of hydrogen-bond acceptors (Lipinski definition) is 5. The van der Waals surface area contributed by atoms with Crippen LogP contribution in [0.1, 0.15) is 18.2 Å². The first-order chi connectivity index (χ1) is 15.1. The van der Waals surface area contributed by atoms with Gasteiger partial charge in [-0.05, 0) is 48.4 Å². The van der Waals surface area contributed by atoms with Crippen molar-refractivity contribution in [2.45, 2.75) is 26.4 Å². The number of rotatable bonds is 6. The summed E-state index contributed by atoms with van der Waals surface area (Å²) < 4.78 is 2.33. The zero-order valence-electron chi connectivity index (χ0n) is 17.0. The van der Waals surface area contributed by atoms with Crippen molar-refractivity contribution in [3.05, 3.63) is 99.1 Å². The molecule has 1 N–H and O–H groups in total. The maximum absolute atomic E-state index is 13.2. The third-order valence-electron chi connectivity index (χ3n) is 4.95. The van der Waals surface area contributed by atoms with Crippen LogP contribution < -0.4 is 16.6 Å². The van der Waals surface area contributed by atoms with Crippen molar-refractivity contribution >= 4 is 22.6 Å². The van der Waals surface area contributed by atoms with Gasteiger partial charge in [-0.1, -0.05) is 25.1 Å². The van der Waals surface area contributed by atoms with Gasteiger partial charge in [0.05, 0.1) is 17.8 Å². The topological polar surface area (TPSA) is 98.9 Å². The molecular weight excluding hydrogens is 394 g/mol.